The number of nitrogens with zero attached hydrogens (tertiary/aromatic N) is 2. The minimum atomic E-state index is -1.02. The maximum Gasteiger partial charge on any atom is 0.365 e. The molecule has 1 N–H and O–H groups in total. The lowest BCUT2D eigenvalue weighted by atomic mass is 10.5. The quantitative estimate of drug-likeness (QED) is 0.876. The van der Waals surface area contributed by atoms with Gasteiger partial charge < -0.3 is 9.84 Å². The minimum Gasteiger partial charge on any atom is -0.486 e. The number of aromatic nitrogens is 2. The van der Waals surface area contributed by atoms with Crippen molar-refractivity contribution in [2.45, 2.75) is 6.61 Å². The Hall–Kier alpha value is -1.95. The molecule has 2 heterocycles. The van der Waals surface area contributed by atoms with E-state index in [1.165, 1.54) is 6.20 Å². The van der Waals surface area contributed by atoms with Crippen molar-refractivity contribution in [3.05, 3.63) is 40.6 Å². The summed E-state index contributed by atoms with van der Waals surface area (Å²) in [4.78, 5) is 19.0. The molecule has 0 aliphatic rings. The van der Waals surface area contributed by atoms with E-state index in [4.69, 9.17) is 9.84 Å². The van der Waals surface area contributed by atoms with Gasteiger partial charge in [-0.1, -0.05) is 0 Å². The molecule has 5 nitrogen and oxygen atoms in total. The van der Waals surface area contributed by atoms with Crippen molar-refractivity contribution in [3.8, 4) is 5.75 Å². The fourth-order valence-electron chi connectivity index (χ4n) is 1.06. The number of thiazole rings is 1. The normalized spacial score (nSPS) is 10.0. The number of carboxylic acid groups (broad SMARTS) is 1. The summed E-state index contributed by atoms with van der Waals surface area (Å²) in [5.41, 5.74) is 0. The van der Waals surface area contributed by atoms with Gasteiger partial charge in [-0.25, -0.2) is 9.78 Å². The maximum absolute atomic E-state index is 10.6. The Bertz CT molecular complexity index is 484. The second-order valence-electron chi connectivity index (χ2n) is 2.91. The highest BCUT2D eigenvalue weighted by Gasteiger charge is 2.08. The largest absolute Gasteiger partial charge is 0.486 e. The van der Waals surface area contributed by atoms with Crippen LogP contribution in [0.5, 0.6) is 5.75 Å². The fraction of sp³-hybridized carbons (Fsp3) is 0.100. The smallest absolute Gasteiger partial charge is 0.365 e. The Morgan fingerprint density at radius 1 is 1.50 bits per heavy atom. The highest BCUT2D eigenvalue weighted by Crippen LogP contribution is 2.16. The zero-order valence-corrected chi connectivity index (χ0v) is 8.98. The van der Waals surface area contributed by atoms with Crippen LogP contribution in [0.1, 0.15) is 14.7 Å². The van der Waals surface area contributed by atoms with Gasteiger partial charge in [-0.15, -0.1) is 11.3 Å². The van der Waals surface area contributed by atoms with Crippen molar-refractivity contribution < 1.29 is 14.6 Å². The van der Waals surface area contributed by atoms with E-state index in [1.807, 2.05) is 0 Å². The number of carboxylic acids is 1. The number of rotatable bonds is 4. The molecule has 2 aromatic rings. The van der Waals surface area contributed by atoms with Crippen LogP contribution in [0.15, 0.2) is 30.7 Å². The van der Waals surface area contributed by atoms with Crippen molar-refractivity contribution in [2.24, 2.45) is 0 Å². The third-order valence-electron chi connectivity index (χ3n) is 1.75. The molecule has 2 rings (SSSR count). The van der Waals surface area contributed by atoms with Crippen molar-refractivity contribution in [3.63, 3.8) is 0 Å². The minimum absolute atomic E-state index is 0.0739. The lowest BCUT2D eigenvalue weighted by molar-refractivity contribution is 0.0696. The number of hydrogen-bond donors (Lipinski definition) is 1. The first kappa shape index (κ1) is 10.6. The van der Waals surface area contributed by atoms with Crippen LogP contribution in [-0.4, -0.2) is 21.0 Å². The molecule has 0 bridgehead atoms. The van der Waals surface area contributed by atoms with Gasteiger partial charge in [0.2, 0.25) is 5.01 Å². The van der Waals surface area contributed by atoms with E-state index in [0.717, 1.165) is 16.2 Å². The molecule has 0 spiro atoms. The average molecular weight is 236 g/mol. The van der Waals surface area contributed by atoms with Crippen LogP contribution in [-0.2, 0) is 6.61 Å². The third-order valence-corrected chi connectivity index (χ3v) is 2.71. The molecule has 0 aliphatic carbocycles. The number of carbonyl (C=O) groups is 1. The fourth-order valence-corrected chi connectivity index (χ4v) is 1.72. The van der Waals surface area contributed by atoms with Gasteiger partial charge in [0.1, 0.15) is 12.4 Å². The predicted octanol–water partition coefficient (Wildman–Crippen LogP) is 1.82. The molecule has 82 valence electrons. The first-order valence-electron chi connectivity index (χ1n) is 4.46. The first-order chi connectivity index (χ1) is 7.75. The van der Waals surface area contributed by atoms with Crippen molar-refractivity contribution in [1.82, 2.24) is 9.97 Å². The molecule has 0 atom stereocenters. The first-order valence-corrected chi connectivity index (χ1v) is 5.28. The van der Waals surface area contributed by atoms with Crippen LogP contribution in [0.4, 0.5) is 0 Å². The molecule has 16 heavy (non-hydrogen) atoms. The zero-order valence-electron chi connectivity index (χ0n) is 8.16. The molecule has 0 amide bonds. The molecule has 2 aromatic heterocycles. The summed E-state index contributed by atoms with van der Waals surface area (Å²) in [5.74, 6) is -0.370. The Kier molecular flexibility index (Phi) is 3.11. The summed E-state index contributed by atoms with van der Waals surface area (Å²) >= 11 is 1.10. The van der Waals surface area contributed by atoms with Crippen molar-refractivity contribution in [2.75, 3.05) is 0 Å². The predicted molar refractivity (Wildman–Crippen MR) is 57.6 cm³/mol. The van der Waals surface area contributed by atoms with E-state index < -0.39 is 5.97 Å². The van der Waals surface area contributed by atoms with E-state index in [2.05, 4.69) is 9.97 Å². The van der Waals surface area contributed by atoms with Crippen molar-refractivity contribution in [1.29, 1.82) is 0 Å². The third kappa shape index (κ3) is 2.54. The van der Waals surface area contributed by atoms with E-state index in [1.54, 1.807) is 24.5 Å². The Balaban J connectivity index is 1.97. The number of hydrogen-bond acceptors (Lipinski definition) is 5. The Morgan fingerprint density at radius 3 is 3.00 bits per heavy atom. The zero-order chi connectivity index (χ0) is 11.4. The highest BCUT2D eigenvalue weighted by atomic mass is 32.1. The van der Waals surface area contributed by atoms with Crippen LogP contribution >= 0.6 is 11.3 Å². The molecule has 0 radical (unpaired) electrons. The number of ether oxygens (including phenoxy) is 1. The Morgan fingerprint density at radius 2 is 2.38 bits per heavy atom. The molecule has 0 aliphatic heterocycles. The topological polar surface area (TPSA) is 72.3 Å². The van der Waals surface area contributed by atoms with Crippen LogP contribution in [0.3, 0.4) is 0 Å². The van der Waals surface area contributed by atoms with Gasteiger partial charge in [0.05, 0.1) is 11.1 Å². The van der Waals surface area contributed by atoms with Gasteiger partial charge in [-0.3, -0.25) is 4.98 Å². The average Bonchev–Trinajstić information content (AvgIpc) is 2.76. The second kappa shape index (κ2) is 4.71. The van der Waals surface area contributed by atoms with Gasteiger partial charge in [0.25, 0.3) is 0 Å². The molecular formula is C10H8N2O3S. The van der Waals surface area contributed by atoms with Gasteiger partial charge >= 0.3 is 5.97 Å². The number of aromatic carboxylic acids is 1. The molecule has 6 heteroatoms. The van der Waals surface area contributed by atoms with Crippen LogP contribution < -0.4 is 4.74 Å². The van der Waals surface area contributed by atoms with Crippen molar-refractivity contribution >= 4 is 17.3 Å². The summed E-state index contributed by atoms with van der Waals surface area (Å²) in [6.45, 7) is 0.302. The SMILES string of the molecule is O=C(O)c1ncc(COc2cccnc2)s1. The number of pyridine rings is 1. The van der Waals surface area contributed by atoms with Gasteiger partial charge in [-0.05, 0) is 12.1 Å². The van der Waals surface area contributed by atoms with E-state index in [9.17, 15) is 4.79 Å². The maximum atomic E-state index is 10.6. The Labute approximate surface area is 95.4 Å². The molecule has 0 saturated heterocycles. The van der Waals surface area contributed by atoms with Gasteiger partial charge in [-0.2, -0.15) is 0 Å². The second-order valence-corrected chi connectivity index (χ2v) is 4.03. The molecule has 0 fully saturated rings. The molecule has 0 aromatic carbocycles. The lowest BCUT2D eigenvalue weighted by Crippen LogP contribution is -1.93. The molecular weight excluding hydrogens is 228 g/mol. The van der Waals surface area contributed by atoms with Crippen LogP contribution in [0.25, 0.3) is 0 Å². The summed E-state index contributed by atoms with van der Waals surface area (Å²) in [7, 11) is 0. The monoisotopic (exact) mass is 236 g/mol. The molecule has 0 unspecified atom stereocenters. The van der Waals surface area contributed by atoms with E-state index in [0.29, 0.717) is 12.4 Å². The molecule has 0 saturated carbocycles. The van der Waals surface area contributed by atoms with E-state index in [-0.39, 0.29) is 5.01 Å². The van der Waals surface area contributed by atoms with Crippen LogP contribution in [0.2, 0.25) is 0 Å². The highest BCUT2D eigenvalue weighted by molar-refractivity contribution is 7.13. The van der Waals surface area contributed by atoms with Gasteiger partial charge in [0.15, 0.2) is 0 Å². The van der Waals surface area contributed by atoms with Gasteiger partial charge in [0, 0.05) is 12.4 Å². The standard InChI is InChI=1S/C10H8N2O3S/c13-10(14)9-12-5-8(16-9)6-15-7-2-1-3-11-4-7/h1-5H,6H2,(H,13,14). The summed E-state index contributed by atoms with van der Waals surface area (Å²) in [6, 6.07) is 3.55. The summed E-state index contributed by atoms with van der Waals surface area (Å²) < 4.78 is 5.40. The summed E-state index contributed by atoms with van der Waals surface area (Å²) in [6.07, 6.45) is 4.76. The van der Waals surface area contributed by atoms with Crippen LogP contribution in [0, 0.1) is 0 Å². The lowest BCUT2D eigenvalue weighted by Gasteiger charge is -2.01. The van der Waals surface area contributed by atoms with E-state index >= 15 is 0 Å². The summed E-state index contributed by atoms with van der Waals surface area (Å²) in [5, 5.41) is 8.75.